The van der Waals surface area contributed by atoms with Gasteiger partial charge in [-0.3, -0.25) is 0 Å². The largest absolute Gasteiger partial charge is 0.335 e. The standard InChI is InChI=1S/C16H24N2O/c1-10(2)13-6-5-7-14(11(3)4)15(13)18-16(19)17-12-8-9-12/h5-7,10-12H,8-9H2,1-4H3,(H2,17,18,19). The third kappa shape index (κ3) is 3.49. The summed E-state index contributed by atoms with van der Waals surface area (Å²) in [6.45, 7) is 8.62. The Labute approximate surface area is 115 Å². The number of rotatable bonds is 4. The Balaban J connectivity index is 2.25. The summed E-state index contributed by atoms with van der Waals surface area (Å²) in [5.74, 6) is 0.796. The van der Waals surface area contributed by atoms with Gasteiger partial charge >= 0.3 is 6.03 Å². The highest BCUT2D eigenvalue weighted by Gasteiger charge is 2.24. The molecule has 2 N–H and O–H groups in total. The van der Waals surface area contributed by atoms with Crippen LogP contribution in [0.2, 0.25) is 0 Å². The summed E-state index contributed by atoms with van der Waals surface area (Å²) in [7, 11) is 0. The second-order valence-corrected chi connectivity index (χ2v) is 5.99. The van der Waals surface area contributed by atoms with Crippen molar-refractivity contribution in [2.45, 2.75) is 58.4 Å². The van der Waals surface area contributed by atoms with Gasteiger partial charge in [0.2, 0.25) is 0 Å². The van der Waals surface area contributed by atoms with Gasteiger partial charge in [-0.1, -0.05) is 45.9 Å². The molecule has 0 radical (unpaired) electrons. The lowest BCUT2D eigenvalue weighted by atomic mass is 9.93. The van der Waals surface area contributed by atoms with Gasteiger partial charge in [-0.25, -0.2) is 4.79 Å². The Morgan fingerprint density at radius 3 is 2.05 bits per heavy atom. The van der Waals surface area contributed by atoms with Gasteiger partial charge in [0.05, 0.1) is 0 Å². The first-order valence-corrected chi connectivity index (χ1v) is 7.19. The van der Waals surface area contributed by atoms with E-state index in [2.05, 4.69) is 56.5 Å². The Bertz CT molecular complexity index is 436. The van der Waals surface area contributed by atoms with Gasteiger partial charge in [0, 0.05) is 11.7 Å². The molecule has 0 atom stereocenters. The molecule has 0 saturated heterocycles. The average molecular weight is 260 g/mol. The number of hydrogen-bond donors (Lipinski definition) is 2. The van der Waals surface area contributed by atoms with E-state index >= 15 is 0 Å². The van der Waals surface area contributed by atoms with E-state index in [1.165, 1.54) is 11.1 Å². The lowest BCUT2D eigenvalue weighted by Gasteiger charge is -2.20. The monoisotopic (exact) mass is 260 g/mol. The second kappa shape index (κ2) is 5.64. The molecule has 3 nitrogen and oxygen atoms in total. The molecule has 0 bridgehead atoms. The summed E-state index contributed by atoms with van der Waals surface area (Å²) in [6.07, 6.45) is 2.21. The Morgan fingerprint density at radius 1 is 1.11 bits per heavy atom. The van der Waals surface area contributed by atoms with Gasteiger partial charge in [-0.05, 0) is 35.8 Å². The van der Waals surface area contributed by atoms with Crippen LogP contribution in [0.5, 0.6) is 0 Å². The number of hydrogen-bond acceptors (Lipinski definition) is 1. The number of benzene rings is 1. The van der Waals surface area contributed by atoms with Crippen LogP contribution in [0.1, 0.15) is 63.5 Å². The third-order valence-corrected chi connectivity index (χ3v) is 3.52. The van der Waals surface area contributed by atoms with E-state index in [1.807, 2.05) is 0 Å². The van der Waals surface area contributed by atoms with E-state index in [0.717, 1.165) is 18.5 Å². The first-order chi connectivity index (χ1) is 8.99. The van der Waals surface area contributed by atoms with Gasteiger partial charge in [0.15, 0.2) is 0 Å². The molecule has 1 saturated carbocycles. The van der Waals surface area contributed by atoms with E-state index in [0.29, 0.717) is 17.9 Å². The molecule has 0 spiro atoms. The van der Waals surface area contributed by atoms with Crippen molar-refractivity contribution in [1.29, 1.82) is 0 Å². The number of carbonyl (C=O) groups excluding carboxylic acids is 1. The number of carbonyl (C=O) groups is 1. The van der Waals surface area contributed by atoms with Crippen molar-refractivity contribution in [2.75, 3.05) is 5.32 Å². The highest BCUT2D eigenvalue weighted by Crippen LogP contribution is 2.32. The molecule has 104 valence electrons. The van der Waals surface area contributed by atoms with Crippen LogP contribution in [0.4, 0.5) is 10.5 Å². The molecular formula is C16H24N2O. The molecule has 1 aliphatic rings. The molecule has 2 amide bonds. The van der Waals surface area contributed by atoms with Gasteiger partial charge in [-0.15, -0.1) is 0 Å². The smallest absolute Gasteiger partial charge is 0.319 e. The van der Waals surface area contributed by atoms with E-state index in [9.17, 15) is 4.79 Å². The van der Waals surface area contributed by atoms with Gasteiger partial charge < -0.3 is 10.6 Å². The van der Waals surface area contributed by atoms with Crippen LogP contribution in [0, 0.1) is 0 Å². The summed E-state index contributed by atoms with van der Waals surface area (Å²) in [5, 5.41) is 6.05. The van der Waals surface area contributed by atoms with Crippen molar-refractivity contribution in [1.82, 2.24) is 5.32 Å². The summed E-state index contributed by atoms with van der Waals surface area (Å²) < 4.78 is 0. The highest BCUT2D eigenvalue weighted by molar-refractivity contribution is 5.91. The van der Waals surface area contributed by atoms with Crippen LogP contribution in [-0.2, 0) is 0 Å². The lowest BCUT2D eigenvalue weighted by molar-refractivity contribution is 0.251. The van der Waals surface area contributed by atoms with Crippen molar-refractivity contribution in [3.8, 4) is 0 Å². The minimum absolute atomic E-state index is 0.0718. The van der Waals surface area contributed by atoms with Gasteiger partial charge in [0.1, 0.15) is 0 Å². The predicted octanol–water partition coefficient (Wildman–Crippen LogP) is 4.22. The molecule has 0 heterocycles. The number of urea groups is 1. The van der Waals surface area contributed by atoms with E-state index < -0.39 is 0 Å². The molecule has 0 aliphatic heterocycles. The number of amides is 2. The molecule has 1 aromatic rings. The quantitative estimate of drug-likeness (QED) is 0.836. The van der Waals surface area contributed by atoms with Crippen LogP contribution >= 0.6 is 0 Å². The molecule has 3 heteroatoms. The molecule has 2 rings (SSSR count). The van der Waals surface area contributed by atoms with Crippen LogP contribution in [0.25, 0.3) is 0 Å². The van der Waals surface area contributed by atoms with Gasteiger partial charge in [0.25, 0.3) is 0 Å². The average Bonchev–Trinajstić information content (AvgIpc) is 3.12. The number of nitrogens with one attached hydrogen (secondary N) is 2. The fraction of sp³-hybridized carbons (Fsp3) is 0.562. The number of anilines is 1. The highest BCUT2D eigenvalue weighted by atomic mass is 16.2. The molecule has 1 aromatic carbocycles. The normalized spacial score (nSPS) is 14.8. The maximum atomic E-state index is 12.0. The lowest BCUT2D eigenvalue weighted by Crippen LogP contribution is -2.31. The predicted molar refractivity (Wildman–Crippen MR) is 79.8 cm³/mol. The van der Waals surface area contributed by atoms with Crippen LogP contribution in [-0.4, -0.2) is 12.1 Å². The number of para-hydroxylation sites is 1. The topological polar surface area (TPSA) is 41.1 Å². The molecule has 1 fully saturated rings. The van der Waals surface area contributed by atoms with Gasteiger partial charge in [-0.2, -0.15) is 0 Å². The maximum Gasteiger partial charge on any atom is 0.319 e. The summed E-state index contributed by atoms with van der Waals surface area (Å²) in [6, 6.07) is 6.59. The summed E-state index contributed by atoms with van der Waals surface area (Å²) >= 11 is 0. The zero-order valence-electron chi connectivity index (χ0n) is 12.3. The Morgan fingerprint density at radius 2 is 1.63 bits per heavy atom. The first-order valence-electron chi connectivity index (χ1n) is 7.19. The first kappa shape index (κ1) is 13.9. The van der Waals surface area contributed by atoms with Crippen LogP contribution < -0.4 is 10.6 Å². The summed E-state index contributed by atoms with van der Waals surface area (Å²) in [5.41, 5.74) is 3.40. The summed E-state index contributed by atoms with van der Waals surface area (Å²) in [4.78, 5) is 12.0. The molecule has 0 aromatic heterocycles. The van der Waals surface area contributed by atoms with Crippen molar-refractivity contribution in [2.24, 2.45) is 0 Å². The molecule has 1 aliphatic carbocycles. The minimum atomic E-state index is -0.0718. The van der Waals surface area contributed by atoms with Crippen molar-refractivity contribution in [3.63, 3.8) is 0 Å². The maximum absolute atomic E-state index is 12.0. The Kier molecular flexibility index (Phi) is 4.13. The third-order valence-electron chi connectivity index (χ3n) is 3.52. The van der Waals surface area contributed by atoms with E-state index in [1.54, 1.807) is 0 Å². The second-order valence-electron chi connectivity index (χ2n) is 5.99. The fourth-order valence-electron chi connectivity index (χ4n) is 2.26. The van der Waals surface area contributed by atoms with Crippen molar-refractivity contribution in [3.05, 3.63) is 29.3 Å². The fourth-order valence-corrected chi connectivity index (χ4v) is 2.26. The van der Waals surface area contributed by atoms with Crippen molar-refractivity contribution < 1.29 is 4.79 Å². The van der Waals surface area contributed by atoms with Crippen molar-refractivity contribution >= 4 is 11.7 Å². The molecular weight excluding hydrogens is 236 g/mol. The zero-order chi connectivity index (χ0) is 14.0. The Hall–Kier alpha value is -1.51. The van der Waals surface area contributed by atoms with Crippen LogP contribution in [0.3, 0.4) is 0 Å². The molecule has 19 heavy (non-hydrogen) atoms. The van der Waals surface area contributed by atoms with Crippen LogP contribution in [0.15, 0.2) is 18.2 Å². The minimum Gasteiger partial charge on any atom is -0.335 e. The zero-order valence-corrected chi connectivity index (χ0v) is 12.3. The van der Waals surface area contributed by atoms with E-state index in [-0.39, 0.29) is 6.03 Å². The van der Waals surface area contributed by atoms with E-state index in [4.69, 9.17) is 0 Å². The molecule has 0 unspecified atom stereocenters. The SMILES string of the molecule is CC(C)c1cccc(C(C)C)c1NC(=O)NC1CC1.